The Bertz CT molecular complexity index is 292. The van der Waals surface area contributed by atoms with Gasteiger partial charge in [0.15, 0.2) is 0 Å². The van der Waals surface area contributed by atoms with E-state index in [1.807, 2.05) is 6.92 Å². The summed E-state index contributed by atoms with van der Waals surface area (Å²) in [5.41, 5.74) is 0. The molecule has 6 nitrogen and oxygen atoms in total. The van der Waals surface area contributed by atoms with Gasteiger partial charge in [0, 0.05) is 19.9 Å². The maximum absolute atomic E-state index is 11.5. The van der Waals surface area contributed by atoms with Gasteiger partial charge in [-0.15, -0.1) is 0 Å². The molecule has 6 heteroatoms. The summed E-state index contributed by atoms with van der Waals surface area (Å²) in [6.07, 6.45) is 2.95. The minimum Gasteiger partial charge on any atom is -0.480 e. The highest BCUT2D eigenvalue weighted by molar-refractivity contribution is 5.84. The van der Waals surface area contributed by atoms with Crippen LogP contribution in [0.25, 0.3) is 0 Å². The number of hydrogen-bond acceptors (Lipinski definition) is 3. The predicted molar refractivity (Wildman–Crippen MR) is 67.0 cm³/mol. The topological polar surface area (TPSA) is 95.5 Å². The van der Waals surface area contributed by atoms with E-state index in [9.17, 15) is 14.4 Å². The molecule has 0 aromatic carbocycles. The van der Waals surface area contributed by atoms with Crippen molar-refractivity contribution < 1.29 is 19.5 Å². The molecule has 0 aromatic heterocycles. The fourth-order valence-electron chi connectivity index (χ4n) is 1.47. The zero-order valence-corrected chi connectivity index (χ0v) is 11.0. The standard InChI is InChI=1S/C12H22N2O4/c1-3-4-6-9(12(17)18)14-11(16)8-5-7-10(15)13-2/h9H,3-8H2,1-2H3,(H,13,15)(H,14,16)(H,17,18)/t9-/m0/s1. The summed E-state index contributed by atoms with van der Waals surface area (Å²) < 4.78 is 0. The van der Waals surface area contributed by atoms with Crippen LogP contribution in [0.15, 0.2) is 0 Å². The quantitative estimate of drug-likeness (QED) is 0.566. The highest BCUT2D eigenvalue weighted by atomic mass is 16.4. The van der Waals surface area contributed by atoms with E-state index >= 15 is 0 Å². The Morgan fingerprint density at radius 3 is 2.22 bits per heavy atom. The highest BCUT2D eigenvalue weighted by Gasteiger charge is 2.18. The summed E-state index contributed by atoms with van der Waals surface area (Å²) in [6, 6.07) is -0.822. The van der Waals surface area contributed by atoms with Gasteiger partial charge in [0.05, 0.1) is 0 Å². The molecule has 0 saturated heterocycles. The van der Waals surface area contributed by atoms with E-state index in [1.54, 1.807) is 0 Å². The van der Waals surface area contributed by atoms with E-state index in [4.69, 9.17) is 5.11 Å². The first-order valence-corrected chi connectivity index (χ1v) is 6.24. The molecule has 0 spiro atoms. The first kappa shape index (κ1) is 16.4. The lowest BCUT2D eigenvalue weighted by Gasteiger charge is -2.13. The molecular weight excluding hydrogens is 236 g/mol. The molecule has 0 fully saturated rings. The van der Waals surface area contributed by atoms with Crippen LogP contribution in [0.5, 0.6) is 0 Å². The van der Waals surface area contributed by atoms with Gasteiger partial charge in [0.25, 0.3) is 0 Å². The van der Waals surface area contributed by atoms with Gasteiger partial charge in [-0.1, -0.05) is 19.8 Å². The van der Waals surface area contributed by atoms with Gasteiger partial charge in [-0.3, -0.25) is 9.59 Å². The van der Waals surface area contributed by atoms with Crippen molar-refractivity contribution in [3.8, 4) is 0 Å². The molecule has 2 amide bonds. The highest BCUT2D eigenvalue weighted by Crippen LogP contribution is 2.02. The second-order valence-electron chi connectivity index (χ2n) is 4.13. The molecule has 0 aliphatic carbocycles. The van der Waals surface area contributed by atoms with Crippen molar-refractivity contribution in [1.82, 2.24) is 10.6 Å². The minimum atomic E-state index is -1.01. The van der Waals surface area contributed by atoms with Crippen molar-refractivity contribution in [3.05, 3.63) is 0 Å². The van der Waals surface area contributed by atoms with Crippen LogP contribution in [-0.4, -0.2) is 36.0 Å². The van der Waals surface area contributed by atoms with Crippen molar-refractivity contribution in [3.63, 3.8) is 0 Å². The van der Waals surface area contributed by atoms with Crippen LogP contribution in [-0.2, 0) is 14.4 Å². The monoisotopic (exact) mass is 258 g/mol. The largest absolute Gasteiger partial charge is 0.480 e. The fourth-order valence-corrected chi connectivity index (χ4v) is 1.47. The van der Waals surface area contributed by atoms with E-state index in [-0.39, 0.29) is 24.7 Å². The smallest absolute Gasteiger partial charge is 0.326 e. The Balaban J connectivity index is 3.94. The van der Waals surface area contributed by atoms with E-state index in [0.717, 1.165) is 12.8 Å². The molecule has 0 heterocycles. The Morgan fingerprint density at radius 2 is 1.72 bits per heavy atom. The summed E-state index contributed by atoms with van der Waals surface area (Å²) >= 11 is 0. The van der Waals surface area contributed by atoms with Gasteiger partial charge in [-0.2, -0.15) is 0 Å². The van der Waals surface area contributed by atoms with Gasteiger partial charge < -0.3 is 15.7 Å². The second-order valence-corrected chi connectivity index (χ2v) is 4.13. The Morgan fingerprint density at radius 1 is 1.11 bits per heavy atom. The molecule has 0 unspecified atom stereocenters. The first-order chi connectivity index (χ1) is 8.51. The lowest BCUT2D eigenvalue weighted by atomic mass is 10.1. The predicted octanol–water partition coefficient (Wildman–Crippen LogP) is 0.662. The number of carboxylic acids is 1. The average molecular weight is 258 g/mol. The van der Waals surface area contributed by atoms with Crippen LogP contribution in [0.4, 0.5) is 0 Å². The third-order valence-electron chi connectivity index (χ3n) is 2.57. The molecule has 18 heavy (non-hydrogen) atoms. The van der Waals surface area contributed by atoms with Crippen LogP contribution >= 0.6 is 0 Å². The van der Waals surface area contributed by atoms with Gasteiger partial charge in [-0.25, -0.2) is 4.79 Å². The molecule has 0 aliphatic rings. The van der Waals surface area contributed by atoms with Gasteiger partial charge in [0.1, 0.15) is 6.04 Å². The third kappa shape index (κ3) is 7.65. The maximum atomic E-state index is 11.5. The minimum absolute atomic E-state index is 0.122. The number of amides is 2. The van der Waals surface area contributed by atoms with E-state index < -0.39 is 12.0 Å². The molecular formula is C12H22N2O4. The number of carbonyl (C=O) groups is 3. The average Bonchev–Trinajstić information content (AvgIpc) is 2.33. The lowest BCUT2D eigenvalue weighted by molar-refractivity contribution is -0.142. The third-order valence-corrected chi connectivity index (χ3v) is 2.57. The molecule has 1 atom stereocenters. The fraction of sp³-hybridized carbons (Fsp3) is 0.750. The van der Waals surface area contributed by atoms with Gasteiger partial charge in [0.2, 0.25) is 11.8 Å². The van der Waals surface area contributed by atoms with Crippen molar-refractivity contribution in [1.29, 1.82) is 0 Å². The first-order valence-electron chi connectivity index (χ1n) is 6.24. The normalized spacial score (nSPS) is 11.7. The van der Waals surface area contributed by atoms with Crippen molar-refractivity contribution >= 4 is 17.8 Å². The number of nitrogens with one attached hydrogen (secondary N) is 2. The molecule has 3 N–H and O–H groups in total. The van der Waals surface area contributed by atoms with E-state index in [0.29, 0.717) is 12.8 Å². The molecule has 0 bridgehead atoms. The van der Waals surface area contributed by atoms with Crippen molar-refractivity contribution in [2.24, 2.45) is 0 Å². The van der Waals surface area contributed by atoms with E-state index in [2.05, 4.69) is 10.6 Å². The Kier molecular flexibility index (Phi) is 8.61. The van der Waals surface area contributed by atoms with Crippen molar-refractivity contribution in [2.45, 2.75) is 51.5 Å². The molecule has 0 rings (SSSR count). The number of unbranched alkanes of at least 4 members (excludes halogenated alkanes) is 1. The zero-order chi connectivity index (χ0) is 14.0. The Hall–Kier alpha value is -1.59. The second kappa shape index (κ2) is 9.44. The SMILES string of the molecule is CCCC[C@H](NC(=O)CCCC(=O)NC)C(=O)O. The zero-order valence-electron chi connectivity index (χ0n) is 11.0. The summed E-state index contributed by atoms with van der Waals surface area (Å²) in [5.74, 6) is -1.45. The molecule has 0 saturated carbocycles. The van der Waals surface area contributed by atoms with Crippen molar-refractivity contribution in [2.75, 3.05) is 7.05 Å². The van der Waals surface area contributed by atoms with Gasteiger partial charge in [-0.05, 0) is 12.8 Å². The summed E-state index contributed by atoms with van der Waals surface area (Å²) in [5, 5.41) is 13.9. The summed E-state index contributed by atoms with van der Waals surface area (Å²) in [6.45, 7) is 1.96. The lowest BCUT2D eigenvalue weighted by Crippen LogP contribution is -2.40. The van der Waals surface area contributed by atoms with E-state index in [1.165, 1.54) is 7.05 Å². The molecule has 0 radical (unpaired) electrons. The summed E-state index contributed by atoms with van der Waals surface area (Å²) in [7, 11) is 1.54. The van der Waals surface area contributed by atoms with Crippen LogP contribution < -0.4 is 10.6 Å². The van der Waals surface area contributed by atoms with Crippen LogP contribution in [0.3, 0.4) is 0 Å². The number of carboxylic acid groups (broad SMARTS) is 1. The maximum Gasteiger partial charge on any atom is 0.326 e. The number of carbonyl (C=O) groups excluding carboxylic acids is 2. The number of hydrogen-bond donors (Lipinski definition) is 3. The molecule has 0 aliphatic heterocycles. The number of aliphatic carboxylic acids is 1. The molecule has 104 valence electrons. The number of rotatable bonds is 9. The Labute approximate surface area is 107 Å². The van der Waals surface area contributed by atoms with Crippen LogP contribution in [0, 0.1) is 0 Å². The molecule has 0 aromatic rings. The van der Waals surface area contributed by atoms with Gasteiger partial charge >= 0.3 is 5.97 Å². The van der Waals surface area contributed by atoms with Crippen LogP contribution in [0.1, 0.15) is 45.4 Å². The summed E-state index contributed by atoms with van der Waals surface area (Å²) in [4.78, 5) is 33.3. The van der Waals surface area contributed by atoms with Crippen LogP contribution in [0.2, 0.25) is 0 Å².